The minimum Gasteiger partial charge on any atom is -0.303 e. The van der Waals surface area contributed by atoms with Crippen LogP contribution in [0.3, 0.4) is 0 Å². The third kappa shape index (κ3) is 5.89. The summed E-state index contributed by atoms with van der Waals surface area (Å²) in [5, 5.41) is 0. The molecule has 1 aliphatic heterocycles. The van der Waals surface area contributed by atoms with Crippen molar-refractivity contribution in [2.75, 3.05) is 19.6 Å². The monoisotopic (exact) mass is 225 g/mol. The Morgan fingerprint density at radius 2 is 1.81 bits per heavy atom. The lowest BCUT2D eigenvalue weighted by Crippen LogP contribution is -2.36. The van der Waals surface area contributed by atoms with E-state index in [-0.39, 0.29) is 0 Å². The van der Waals surface area contributed by atoms with Crippen LogP contribution in [0.1, 0.15) is 71.6 Å². The molecular weight excluding hydrogens is 194 g/mol. The maximum absolute atomic E-state index is 2.72. The maximum atomic E-state index is 2.72. The van der Waals surface area contributed by atoms with Gasteiger partial charge in [0.15, 0.2) is 0 Å². The smallest absolute Gasteiger partial charge is 0.000966 e. The fraction of sp³-hybridized carbons (Fsp3) is 1.00. The normalized spacial score (nSPS) is 22.5. The molecule has 0 aromatic heterocycles. The van der Waals surface area contributed by atoms with Gasteiger partial charge >= 0.3 is 0 Å². The predicted molar refractivity (Wildman–Crippen MR) is 72.8 cm³/mol. The number of hydrogen-bond acceptors (Lipinski definition) is 1. The molecule has 1 heterocycles. The van der Waals surface area contributed by atoms with Gasteiger partial charge in [0.1, 0.15) is 0 Å². The quantitative estimate of drug-likeness (QED) is 0.551. The van der Waals surface area contributed by atoms with Gasteiger partial charge < -0.3 is 4.90 Å². The summed E-state index contributed by atoms with van der Waals surface area (Å²) >= 11 is 0. The number of rotatable bonds is 8. The lowest BCUT2D eigenvalue weighted by atomic mass is 9.93. The first kappa shape index (κ1) is 14.0. The van der Waals surface area contributed by atoms with Gasteiger partial charge in [-0.05, 0) is 44.7 Å². The molecular formula is C15H31N. The van der Waals surface area contributed by atoms with Gasteiger partial charge in [-0.25, -0.2) is 0 Å². The molecule has 1 rings (SSSR count). The van der Waals surface area contributed by atoms with Gasteiger partial charge in [0.25, 0.3) is 0 Å². The molecule has 1 unspecified atom stereocenters. The van der Waals surface area contributed by atoms with Gasteiger partial charge in [0.05, 0.1) is 0 Å². The minimum absolute atomic E-state index is 1.01. The zero-order valence-electron chi connectivity index (χ0n) is 11.5. The molecule has 1 atom stereocenters. The molecule has 1 saturated heterocycles. The minimum atomic E-state index is 1.01. The summed E-state index contributed by atoms with van der Waals surface area (Å²) < 4.78 is 0. The summed E-state index contributed by atoms with van der Waals surface area (Å²) in [6.07, 6.45) is 12.9. The molecule has 96 valence electrons. The predicted octanol–water partition coefficient (Wildman–Crippen LogP) is 4.47. The van der Waals surface area contributed by atoms with E-state index in [4.69, 9.17) is 0 Å². The van der Waals surface area contributed by atoms with Crippen molar-refractivity contribution in [3.8, 4) is 0 Å². The van der Waals surface area contributed by atoms with Crippen LogP contribution in [0.15, 0.2) is 0 Å². The van der Waals surface area contributed by atoms with Gasteiger partial charge in [0, 0.05) is 6.54 Å². The molecule has 0 saturated carbocycles. The van der Waals surface area contributed by atoms with Gasteiger partial charge in [-0.3, -0.25) is 0 Å². The standard InChI is InChI=1S/C15H31N/c1-3-5-7-8-12-16-13-9-11-15(14-16)10-6-4-2/h15H,3-14H2,1-2H3. The van der Waals surface area contributed by atoms with Crippen molar-refractivity contribution in [1.29, 1.82) is 0 Å². The highest BCUT2D eigenvalue weighted by Crippen LogP contribution is 2.21. The van der Waals surface area contributed by atoms with Crippen molar-refractivity contribution in [3.63, 3.8) is 0 Å². The van der Waals surface area contributed by atoms with Crippen LogP contribution >= 0.6 is 0 Å². The Hall–Kier alpha value is -0.0400. The molecule has 1 heteroatoms. The Morgan fingerprint density at radius 1 is 1.00 bits per heavy atom. The van der Waals surface area contributed by atoms with Gasteiger partial charge in [-0.15, -0.1) is 0 Å². The second-order valence-electron chi connectivity index (χ2n) is 5.51. The summed E-state index contributed by atoms with van der Waals surface area (Å²) in [5.41, 5.74) is 0. The first-order valence-corrected chi connectivity index (χ1v) is 7.59. The molecule has 0 N–H and O–H groups in total. The van der Waals surface area contributed by atoms with Gasteiger partial charge in [-0.1, -0.05) is 46.0 Å². The number of piperidine rings is 1. The van der Waals surface area contributed by atoms with E-state index in [1.807, 2.05) is 0 Å². The first-order chi connectivity index (χ1) is 7.86. The van der Waals surface area contributed by atoms with Crippen LogP contribution < -0.4 is 0 Å². The van der Waals surface area contributed by atoms with Crippen molar-refractivity contribution >= 4 is 0 Å². The zero-order chi connectivity index (χ0) is 11.6. The lowest BCUT2D eigenvalue weighted by molar-refractivity contribution is 0.164. The van der Waals surface area contributed by atoms with E-state index in [0.717, 1.165) is 5.92 Å². The summed E-state index contributed by atoms with van der Waals surface area (Å²) in [6, 6.07) is 0. The molecule has 1 aliphatic rings. The average Bonchev–Trinajstić information content (AvgIpc) is 2.33. The summed E-state index contributed by atoms with van der Waals surface area (Å²) in [7, 11) is 0. The van der Waals surface area contributed by atoms with Crippen molar-refractivity contribution < 1.29 is 0 Å². The first-order valence-electron chi connectivity index (χ1n) is 7.59. The molecule has 1 nitrogen and oxygen atoms in total. The van der Waals surface area contributed by atoms with Gasteiger partial charge in [0.2, 0.25) is 0 Å². The molecule has 0 bridgehead atoms. The Bertz CT molecular complexity index is 156. The Kier molecular flexibility index (Phi) is 7.92. The van der Waals surface area contributed by atoms with Crippen molar-refractivity contribution in [2.24, 2.45) is 5.92 Å². The SMILES string of the molecule is CCCCCCN1CCCC(CCCC)C1. The van der Waals surface area contributed by atoms with Crippen LogP contribution in [0, 0.1) is 5.92 Å². The highest BCUT2D eigenvalue weighted by atomic mass is 15.1. The third-order valence-corrected chi connectivity index (χ3v) is 3.90. The molecule has 0 aromatic carbocycles. The van der Waals surface area contributed by atoms with Crippen molar-refractivity contribution in [2.45, 2.75) is 71.6 Å². The Morgan fingerprint density at radius 3 is 2.56 bits per heavy atom. The van der Waals surface area contributed by atoms with Crippen LogP contribution in [0.4, 0.5) is 0 Å². The van der Waals surface area contributed by atoms with Crippen LogP contribution in [0.2, 0.25) is 0 Å². The summed E-state index contributed by atoms with van der Waals surface area (Å²) in [5.74, 6) is 1.01. The van der Waals surface area contributed by atoms with Crippen molar-refractivity contribution in [1.82, 2.24) is 4.90 Å². The highest BCUT2D eigenvalue weighted by molar-refractivity contribution is 4.72. The maximum Gasteiger partial charge on any atom is 0.000966 e. The van der Waals surface area contributed by atoms with E-state index >= 15 is 0 Å². The zero-order valence-corrected chi connectivity index (χ0v) is 11.5. The number of nitrogens with zero attached hydrogens (tertiary/aromatic N) is 1. The summed E-state index contributed by atoms with van der Waals surface area (Å²) in [6.45, 7) is 8.73. The number of unbranched alkanes of at least 4 members (excludes halogenated alkanes) is 4. The van der Waals surface area contributed by atoms with Gasteiger partial charge in [-0.2, -0.15) is 0 Å². The fourth-order valence-corrected chi connectivity index (χ4v) is 2.84. The van der Waals surface area contributed by atoms with Crippen LogP contribution in [-0.2, 0) is 0 Å². The molecule has 0 aromatic rings. The van der Waals surface area contributed by atoms with Crippen LogP contribution in [-0.4, -0.2) is 24.5 Å². The largest absolute Gasteiger partial charge is 0.303 e. The topological polar surface area (TPSA) is 3.24 Å². The van der Waals surface area contributed by atoms with E-state index in [1.54, 1.807) is 0 Å². The summed E-state index contributed by atoms with van der Waals surface area (Å²) in [4.78, 5) is 2.72. The van der Waals surface area contributed by atoms with E-state index in [9.17, 15) is 0 Å². The van der Waals surface area contributed by atoms with Crippen LogP contribution in [0.5, 0.6) is 0 Å². The van der Waals surface area contributed by atoms with E-state index in [2.05, 4.69) is 18.7 Å². The lowest BCUT2D eigenvalue weighted by Gasteiger charge is -2.32. The second kappa shape index (κ2) is 9.04. The van der Waals surface area contributed by atoms with E-state index < -0.39 is 0 Å². The molecule has 1 fully saturated rings. The molecule has 0 amide bonds. The van der Waals surface area contributed by atoms with Crippen molar-refractivity contribution in [3.05, 3.63) is 0 Å². The highest BCUT2D eigenvalue weighted by Gasteiger charge is 2.18. The van der Waals surface area contributed by atoms with E-state index in [1.165, 1.54) is 77.4 Å². The van der Waals surface area contributed by atoms with Crippen LogP contribution in [0.25, 0.3) is 0 Å². The number of hydrogen-bond donors (Lipinski definition) is 0. The van der Waals surface area contributed by atoms with E-state index in [0.29, 0.717) is 0 Å². The average molecular weight is 225 g/mol. The molecule has 0 radical (unpaired) electrons. The number of likely N-dealkylation sites (tertiary alicyclic amines) is 1. The molecule has 0 spiro atoms. The molecule has 16 heavy (non-hydrogen) atoms. The molecule has 0 aliphatic carbocycles. The Balaban J connectivity index is 2.07. The Labute approximate surface area is 103 Å². The second-order valence-corrected chi connectivity index (χ2v) is 5.51. The fourth-order valence-electron chi connectivity index (χ4n) is 2.84. The third-order valence-electron chi connectivity index (χ3n) is 3.90.